The lowest BCUT2D eigenvalue weighted by Gasteiger charge is -2.24. The van der Waals surface area contributed by atoms with Gasteiger partial charge in [-0.05, 0) is 37.0 Å². The molecule has 1 N–H and O–H groups in total. The molecule has 0 bridgehead atoms. The fourth-order valence-corrected chi connectivity index (χ4v) is 2.59. The normalized spacial score (nSPS) is 14.3. The van der Waals surface area contributed by atoms with Crippen molar-refractivity contribution in [3.05, 3.63) is 12.3 Å². The van der Waals surface area contributed by atoms with Crippen LogP contribution >= 0.6 is 11.8 Å². The third-order valence-corrected chi connectivity index (χ3v) is 3.16. The topological polar surface area (TPSA) is 29.5 Å². The molecule has 2 nitrogen and oxygen atoms in total. The van der Waals surface area contributed by atoms with Gasteiger partial charge < -0.3 is 9.84 Å². The highest BCUT2D eigenvalue weighted by Crippen LogP contribution is 2.29. The van der Waals surface area contributed by atoms with E-state index >= 15 is 0 Å². The second-order valence-electron chi connectivity index (χ2n) is 4.64. The summed E-state index contributed by atoms with van der Waals surface area (Å²) in [5.41, 5.74) is 0.0759. The maximum atomic E-state index is 12.9. The molecule has 0 aliphatic heterocycles. The van der Waals surface area contributed by atoms with Crippen LogP contribution in [-0.2, 0) is 4.74 Å². The third kappa shape index (κ3) is 10.3. The molecule has 96 valence electrons. The Kier molecular flexibility index (Phi) is 8.76. The van der Waals surface area contributed by atoms with Crippen molar-refractivity contribution in [3.63, 3.8) is 0 Å². The average molecular weight is 250 g/mol. The Morgan fingerprint density at radius 1 is 1.50 bits per heavy atom. The number of alkyl halides is 1. The summed E-state index contributed by atoms with van der Waals surface area (Å²) < 4.78 is 17.5. The van der Waals surface area contributed by atoms with Crippen LogP contribution in [0.2, 0.25) is 0 Å². The van der Waals surface area contributed by atoms with Crippen LogP contribution in [0.1, 0.15) is 33.6 Å². The lowest BCUT2D eigenvalue weighted by atomic mass is 9.85. The van der Waals surface area contributed by atoms with Crippen molar-refractivity contribution in [3.8, 4) is 0 Å². The molecule has 16 heavy (non-hydrogen) atoms. The molecular weight excluding hydrogens is 227 g/mol. The number of hydrogen-bond acceptors (Lipinski definition) is 3. The molecule has 0 amide bonds. The van der Waals surface area contributed by atoms with Gasteiger partial charge in [-0.25, -0.2) is 4.39 Å². The minimum atomic E-state index is -0.724. The number of thioether (sulfide) groups is 1. The van der Waals surface area contributed by atoms with Gasteiger partial charge in [0.1, 0.15) is 0 Å². The molecule has 4 heteroatoms. The first-order valence-corrected chi connectivity index (χ1v) is 6.73. The highest BCUT2D eigenvalue weighted by molar-refractivity contribution is 7.99. The van der Waals surface area contributed by atoms with Gasteiger partial charge in [-0.2, -0.15) is 11.8 Å². The molecule has 0 saturated heterocycles. The predicted molar refractivity (Wildman–Crippen MR) is 68.2 cm³/mol. The molecule has 0 rings (SSSR count). The van der Waals surface area contributed by atoms with Crippen LogP contribution in [0, 0.1) is 5.41 Å². The van der Waals surface area contributed by atoms with Crippen LogP contribution in [0.4, 0.5) is 4.39 Å². The first kappa shape index (κ1) is 15.8. The summed E-state index contributed by atoms with van der Waals surface area (Å²) in [5.74, 6) is 1.88. The van der Waals surface area contributed by atoms with Gasteiger partial charge in [0.25, 0.3) is 0 Å². The van der Waals surface area contributed by atoms with E-state index in [0.717, 1.165) is 17.9 Å². The van der Waals surface area contributed by atoms with E-state index in [-0.39, 0.29) is 12.2 Å². The molecule has 0 aliphatic carbocycles. The van der Waals surface area contributed by atoms with Crippen LogP contribution in [0.15, 0.2) is 12.3 Å². The van der Waals surface area contributed by atoms with Gasteiger partial charge in [0.2, 0.25) is 0 Å². The zero-order valence-electron chi connectivity index (χ0n) is 10.4. The van der Waals surface area contributed by atoms with Crippen molar-refractivity contribution >= 4 is 11.8 Å². The minimum Gasteiger partial charge on any atom is -0.476 e. The quantitative estimate of drug-likeness (QED) is 0.386. The molecule has 0 spiro atoms. The highest BCUT2D eigenvalue weighted by Gasteiger charge is 2.20. The zero-order valence-corrected chi connectivity index (χ0v) is 11.2. The maximum Gasteiger partial charge on any atom is 0.185 e. The molecule has 0 aromatic heterocycles. The molecular formula is C12H23FO2S. The molecule has 0 radical (unpaired) electrons. The average Bonchev–Trinajstić information content (AvgIpc) is 2.14. The molecule has 0 aromatic rings. The summed E-state index contributed by atoms with van der Waals surface area (Å²) in [5, 5.41) is 8.34. The van der Waals surface area contributed by atoms with Gasteiger partial charge in [-0.1, -0.05) is 13.8 Å². The predicted octanol–water partition coefficient (Wildman–Crippen LogP) is 3.36. The first-order valence-electron chi connectivity index (χ1n) is 5.57. The van der Waals surface area contributed by atoms with E-state index in [1.807, 2.05) is 6.08 Å². The molecule has 1 atom stereocenters. The van der Waals surface area contributed by atoms with E-state index in [0.29, 0.717) is 6.42 Å². The molecule has 0 aliphatic rings. The van der Waals surface area contributed by atoms with Gasteiger partial charge in [-0.15, -0.1) is 0 Å². The van der Waals surface area contributed by atoms with Crippen molar-refractivity contribution in [1.82, 2.24) is 0 Å². The number of aliphatic hydroxyl groups is 1. The molecule has 0 fully saturated rings. The summed E-state index contributed by atoms with van der Waals surface area (Å²) in [6.45, 7) is 5.55. The summed E-state index contributed by atoms with van der Waals surface area (Å²) >= 11 is 1.79. The van der Waals surface area contributed by atoms with Crippen molar-refractivity contribution in [1.29, 1.82) is 0 Å². The standard InChI is InChI=1S/C12H23FO2S/c1-11(13)9-12(2,3)5-8-16-7-4-6-15-10-14/h4,6,11,14H,5,7-10H2,1-3H3/b6-4-/t11-/m0/s1. The second-order valence-corrected chi connectivity index (χ2v) is 5.79. The SMILES string of the molecule is C[C@H](F)CC(C)(C)CCSC/C=C\OCO. The fraction of sp³-hybridized carbons (Fsp3) is 0.833. The number of aliphatic hydroxyl groups excluding tert-OH is 1. The van der Waals surface area contributed by atoms with E-state index in [9.17, 15) is 4.39 Å². The van der Waals surface area contributed by atoms with E-state index in [2.05, 4.69) is 18.6 Å². The van der Waals surface area contributed by atoms with E-state index in [4.69, 9.17) is 5.11 Å². The molecule has 0 heterocycles. The Morgan fingerprint density at radius 2 is 2.19 bits per heavy atom. The van der Waals surface area contributed by atoms with Crippen LogP contribution < -0.4 is 0 Å². The maximum absolute atomic E-state index is 12.9. The number of hydrogen-bond donors (Lipinski definition) is 1. The largest absolute Gasteiger partial charge is 0.476 e. The van der Waals surface area contributed by atoms with Gasteiger partial charge in [0.15, 0.2) is 6.79 Å². The lowest BCUT2D eigenvalue weighted by molar-refractivity contribution is 0.0601. The summed E-state index contributed by atoms with van der Waals surface area (Å²) in [6, 6.07) is 0. The summed E-state index contributed by atoms with van der Waals surface area (Å²) in [6.07, 6.45) is 4.28. The van der Waals surface area contributed by atoms with Gasteiger partial charge in [0.05, 0.1) is 12.4 Å². The number of ether oxygens (including phenoxy) is 1. The fourth-order valence-electron chi connectivity index (χ4n) is 1.51. The van der Waals surface area contributed by atoms with Crippen molar-refractivity contribution < 1.29 is 14.2 Å². The summed E-state index contributed by atoms with van der Waals surface area (Å²) in [4.78, 5) is 0. The lowest BCUT2D eigenvalue weighted by Crippen LogP contribution is -2.17. The van der Waals surface area contributed by atoms with Crippen molar-refractivity contribution in [2.45, 2.75) is 39.8 Å². The van der Waals surface area contributed by atoms with Crippen molar-refractivity contribution in [2.24, 2.45) is 5.41 Å². The Hall–Kier alpha value is -0.220. The number of halogens is 1. The minimum absolute atomic E-state index is 0.0759. The Balaban J connectivity index is 3.50. The highest BCUT2D eigenvalue weighted by atomic mass is 32.2. The molecule has 0 aromatic carbocycles. The summed E-state index contributed by atoms with van der Waals surface area (Å²) in [7, 11) is 0. The monoisotopic (exact) mass is 250 g/mol. The second kappa shape index (κ2) is 8.88. The zero-order chi connectivity index (χ0) is 12.4. The molecule has 0 unspecified atom stereocenters. The number of rotatable bonds is 9. The Morgan fingerprint density at radius 3 is 2.75 bits per heavy atom. The smallest absolute Gasteiger partial charge is 0.185 e. The van der Waals surface area contributed by atoms with E-state index < -0.39 is 6.17 Å². The van der Waals surface area contributed by atoms with E-state index in [1.165, 1.54) is 6.26 Å². The van der Waals surface area contributed by atoms with Gasteiger partial charge >= 0.3 is 0 Å². The third-order valence-electron chi connectivity index (χ3n) is 2.24. The van der Waals surface area contributed by atoms with Gasteiger partial charge in [-0.3, -0.25) is 0 Å². The van der Waals surface area contributed by atoms with Crippen LogP contribution in [0.25, 0.3) is 0 Å². The van der Waals surface area contributed by atoms with Crippen molar-refractivity contribution in [2.75, 3.05) is 18.3 Å². The van der Waals surface area contributed by atoms with E-state index in [1.54, 1.807) is 18.7 Å². The molecule has 0 saturated carbocycles. The Bertz CT molecular complexity index is 193. The first-order chi connectivity index (χ1) is 7.48. The van der Waals surface area contributed by atoms with Gasteiger partial charge in [0, 0.05) is 5.75 Å². The van der Waals surface area contributed by atoms with Crippen LogP contribution in [-0.4, -0.2) is 29.6 Å². The van der Waals surface area contributed by atoms with Crippen LogP contribution in [0.5, 0.6) is 0 Å². The van der Waals surface area contributed by atoms with Crippen LogP contribution in [0.3, 0.4) is 0 Å². The Labute approximate surface area is 102 Å².